The number of aliphatic carboxylic acids is 1. The maximum Gasteiger partial charge on any atom is 0.307 e. The first-order chi connectivity index (χ1) is 18.4. The molecule has 0 aromatic heterocycles. The van der Waals surface area contributed by atoms with Crippen LogP contribution in [0.15, 0.2) is 72.8 Å². The molecule has 196 valence electrons. The summed E-state index contributed by atoms with van der Waals surface area (Å²) >= 11 is 0. The Morgan fingerprint density at radius 2 is 1.42 bits per heavy atom. The maximum atomic E-state index is 12.9. The van der Waals surface area contributed by atoms with Crippen LogP contribution < -0.4 is 4.74 Å². The molecule has 0 saturated heterocycles. The third kappa shape index (κ3) is 6.17. The Morgan fingerprint density at radius 3 is 1.97 bits per heavy atom. The number of carboxylic acid groups (broad SMARTS) is 1. The number of carboxylic acids is 1. The summed E-state index contributed by atoms with van der Waals surface area (Å²) in [5.41, 5.74) is 2.95. The van der Waals surface area contributed by atoms with Crippen LogP contribution in [0.2, 0.25) is 0 Å². The van der Waals surface area contributed by atoms with Crippen LogP contribution in [0.3, 0.4) is 0 Å². The van der Waals surface area contributed by atoms with E-state index in [-0.39, 0.29) is 25.2 Å². The van der Waals surface area contributed by atoms with Gasteiger partial charge >= 0.3 is 5.97 Å². The Kier molecular flexibility index (Phi) is 8.69. The van der Waals surface area contributed by atoms with Crippen LogP contribution in [0.1, 0.15) is 70.1 Å². The summed E-state index contributed by atoms with van der Waals surface area (Å²) in [7, 11) is 0. The summed E-state index contributed by atoms with van der Waals surface area (Å²) in [4.78, 5) is 50.9. The average molecular weight is 514 g/mol. The summed E-state index contributed by atoms with van der Waals surface area (Å²) < 4.78 is 5.75. The number of benzene rings is 3. The monoisotopic (exact) mass is 513 g/mol. The summed E-state index contributed by atoms with van der Waals surface area (Å²) in [5, 5.41) is 9.69. The molecule has 1 unspecified atom stereocenters. The quantitative estimate of drug-likeness (QED) is 0.174. The number of carbonyl (C=O) groups excluding carboxylic acids is 3. The van der Waals surface area contributed by atoms with Gasteiger partial charge in [0.05, 0.1) is 23.7 Å². The first-order valence-corrected chi connectivity index (χ1v) is 12.9. The first-order valence-electron chi connectivity index (χ1n) is 12.9. The van der Waals surface area contributed by atoms with Gasteiger partial charge in [-0.3, -0.25) is 24.1 Å². The number of hydrogen-bond donors (Lipinski definition) is 1. The number of rotatable bonds is 13. The Morgan fingerprint density at radius 1 is 0.842 bits per heavy atom. The largest absolute Gasteiger partial charge is 0.494 e. The van der Waals surface area contributed by atoms with Crippen LogP contribution in [0, 0.1) is 5.92 Å². The van der Waals surface area contributed by atoms with Gasteiger partial charge < -0.3 is 9.84 Å². The van der Waals surface area contributed by atoms with Gasteiger partial charge in [0, 0.05) is 18.5 Å². The topological polar surface area (TPSA) is 101 Å². The van der Waals surface area contributed by atoms with Crippen molar-refractivity contribution in [1.29, 1.82) is 0 Å². The van der Waals surface area contributed by atoms with E-state index in [2.05, 4.69) is 6.92 Å². The zero-order chi connectivity index (χ0) is 27.1. The van der Waals surface area contributed by atoms with E-state index in [4.69, 9.17) is 4.74 Å². The Balaban J connectivity index is 1.34. The van der Waals surface area contributed by atoms with Crippen LogP contribution in [-0.2, 0) is 4.79 Å². The number of fused-ring (bicyclic) bond motifs is 1. The molecule has 1 aliphatic heterocycles. The molecule has 3 aromatic rings. The van der Waals surface area contributed by atoms with E-state index >= 15 is 0 Å². The summed E-state index contributed by atoms with van der Waals surface area (Å²) in [6, 6.07) is 21.3. The van der Waals surface area contributed by atoms with Crippen molar-refractivity contribution in [1.82, 2.24) is 4.90 Å². The zero-order valence-electron chi connectivity index (χ0n) is 21.4. The van der Waals surface area contributed by atoms with Gasteiger partial charge in [-0.05, 0) is 48.2 Å². The molecule has 3 aromatic carbocycles. The third-order valence-corrected chi connectivity index (χ3v) is 6.77. The van der Waals surface area contributed by atoms with Crippen molar-refractivity contribution in [3.8, 4) is 16.9 Å². The molecule has 0 bridgehead atoms. The van der Waals surface area contributed by atoms with Crippen molar-refractivity contribution in [2.45, 2.75) is 39.0 Å². The lowest BCUT2D eigenvalue weighted by Gasteiger charge is -2.17. The second kappa shape index (κ2) is 12.3. The van der Waals surface area contributed by atoms with Crippen molar-refractivity contribution in [2.75, 3.05) is 13.2 Å². The molecule has 1 heterocycles. The molecule has 0 spiro atoms. The van der Waals surface area contributed by atoms with E-state index in [0.29, 0.717) is 23.3 Å². The summed E-state index contributed by atoms with van der Waals surface area (Å²) in [5.74, 6) is -2.51. The minimum atomic E-state index is -1.14. The number of imide groups is 1. The fourth-order valence-corrected chi connectivity index (χ4v) is 4.52. The van der Waals surface area contributed by atoms with Gasteiger partial charge in [-0.2, -0.15) is 0 Å². The number of hydrogen-bond acceptors (Lipinski definition) is 5. The highest BCUT2D eigenvalue weighted by Gasteiger charge is 2.36. The van der Waals surface area contributed by atoms with Crippen LogP contribution in [0.25, 0.3) is 11.1 Å². The zero-order valence-corrected chi connectivity index (χ0v) is 21.4. The number of Topliss-reactive ketones (excluding diaryl/α,β-unsaturated/α-hetero) is 1. The number of ketones is 1. The van der Waals surface area contributed by atoms with Gasteiger partial charge in [0.2, 0.25) is 0 Å². The van der Waals surface area contributed by atoms with Gasteiger partial charge in [0.15, 0.2) is 5.78 Å². The molecule has 38 heavy (non-hydrogen) atoms. The van der Waals surface area contributed by atoms with Crippen molar-refractivity contribution in [2.24, 2.45) is 5.92 Å². The second-order valence-corrected chi connectivity index (χ2v) is 9.42. The van der Waals surface area contributed by atoms with Crippen molar-refractivity contribution >= 4 is 23.6 Å². The number of amides is 2. The molecule has 7 heteroatoms. The lowest BCUT2D eigenvalue weighted by molar-refractivity contribution is -0.142. The standard InChI is InChI=1S/C31H31NO6/c1-2-3-6-19-38-25-15-13-22(14-16-25)21-9-11-23(12-10-21)28(33)20-24(31(36)37)17-18-32-29(34)26-7-4-5-8-27(26)30(32)35/h4-5,7-16,24H,2-3,6,17-20H2,1H3,(H,36,37). The predicted molar refractivity (Wildman–Crippen MR) is 143 cm³/mol. The molecule has 7 nitrogen and oxygen atoms in total. The minimum absolute atomic E-state index is 0.00249. The number of nitrogens with zero attached hydrogens (tertiary/aromatic N) is 1. The summed E-state index contributed by atoms with van der Waals surface area (Å²) in [6.45, 7) is 2.78. The van der Waals surface area contributed by atoms with E-state index in [9.17, 15) is 24.3 Å². The Labute approximate surface area is 222 Å². The lowest BCUT2D eigenvalue weighted by atomic mass is 9.94. The van der Waals surface area contributed by atoms with Gasteiger partial charge in [-0.1, -0.05) is 68.3 Å². The maximum absolute atomic E-state index is 12.9. The second-order valence-electron chi connectivity index (χ2n) is 9.42. The fourth-order valence-electron chi connectivity index (χ4n) is 4.52. The van der Waals surface area contributed by atoms with Crippen LogP contribution in [0.4, 0.5) is 0 Å². The van der Waals surface area contributed by atoms with E-state index in [1.807, 2.05) is 36.4 Å². The number of unbranched alkanes of at least 4 members (excludes halogenated alkanes) is 2. The normalized spacial score (nSPS) is 13.3. The molecule has 0 aliphatic carbocycles. The fraction of sp³-hybridized carbons (Fsp3) is 0.290. The first kappa shape index (κ1) is 26.8. The van der Waals surface area contributed by atoms with Gasteiger partial charge in [-0.15, -0.1) is 0 Å². The molecule has 1 atom stereocenters. The Hall–Kier alpha value is -4.26. The van der Waals surface area contributed by atoms with E-state index < -0.39 is 23.7 Å². The Bertz CT molecular complexity index is 1280. The van der Waals surface area contributed by atoms with Crippen LogP contribution >= 0.6 is 0 Å². The third-order valence-electron chi connectivity index (χ3n) is 6.77. The predicted octanol–water partition coefficient (Wildman–Crippen LogP) is 5.88. The highest BCUT2D eigenvalue weighted by atomic mass is 16.5. The van der Waals surface area contributed by atoms with E-state index in [1.165, 1.54) is 0 Å². The molecule has 1 N–H and O–H groups in total. The van der Waals surface area contributed by atoms with Gasteiger partial charge in [0.25, 0.3) is 11.8 Å². The van der Waals surface area contributed by atoms with Crippen LogP contribution in [-0.4, -0.2) is 46.7 Å². The average Bonchev–Trinajstić information content (AvgIpc) is 3.18. The molecular formula is C31H31NO6. The molecule has 0 radical (unpaired) electrons. The number of carbonyl (C=O) groups is 4. The van der Waals surface area contributed by atoms with Crippen LogP contribution in [0.5, 0.6) is 5.75 Å². The smallest absolute Gasteiger partial charge is 0.307 e. The van der Waals surface area contributed by atoms with Gasteiger partial charge in [0.1, 0.15) is 5.75 Å². The molecular weight excluding hydrogens is 482 g/mol. The van der Waals surface area contributed by atoms with E-state index in [1.54, 1.807) is 36.4 Å². The molecule has 2 amide bonds. The highest BCUT2D eigenvalue weighted by Crippen LogP contribution is 2.26. The molecule has 4 rings (SSSR count). The molecule has 0 fully saturated rings. The number of ether oxygens (including phenoxy) is 1. The minimum Gasteiger partial charge on any atom is -0.494 e. The van der Waals surface area contributed by atoms with Crippen molar-refractivity contribution in [3.63, 3.8) is 0 Å². The van der Waals surface area contributed by atoms with Crippen molar-refractivity contribution in [3.05, 3.63) is 89.5 Å². The highest BCUT2D eigenvalue weighted by molar-refractivity contribution is 6.21. The SMILES string of the molecule is CCCCCOc1ccc(-c2ccc(C(=O)CC(CCN3C(=O)c4ccccc4C3=O)C(=O)O)cc2)cc1. The van der Waals surface area contributed by atoms with E-state index in [0.717, 1.165) is 41.0 Å². The summed E-state index contributed by atoms with van der Waals surface area (Å²) in [6.07, 6.45) is 3.09. The lowest BCUT2D eigenvalue weighted by Crippen LogP contribution is -2.33. The van der Waals surface area contributed by atoms with Crippen molar-refractivity contribution < 1.29 is 29.0 Å². The van der Waals surface area contributed by atoms with Gasteiger partial charge in [-0.25, -0.2) is 0 Å². The molecule has 1 aliphatic rings. The molecule has 0 saturated carbocycles.